The van der Waals surface area contributed by atoms with Crippen LogP contribution < -0.4 is 0 Å². The second-order valence-electron chi connectivity index (χ2n) is 8.90. The van der Waals surface area contributed by atoms with Crippen LogP contribution in [-0.4, -0.2) is 71.9 Å². The molecule has 5 heteroatoms. The quantitative estimate of drug-likeness (QED) is 0.834. The molecule has 2 aliphatic heterocycles. The molecule has 0 amide bonds. The van der Waals surface area contributed by atoms with E-state index in [0.29, 0.717) is 24.5 Å². The first-order chi connectivity index (χ1) is 13.8. The average molecular weight is 384 g/mol. The minimum absolute atomic E-state index is 0.307. The Morgan fingerprint density at radius 2 is 2.11 bits per heavy atom. The molecule has 2 N–H and O–H groups in total. The van der Waals surface area contributed by atoms with Crippen molar-refractivity contribution >= 4 is 10.9 Å². The van der Waals surface area contributed by atoms with Crippen LogP contribution in [0.1, 0.15) is 42.5 Å². The number of aromatic amines is 1. The molecule has 1 aromatic carbocycles. The summed E-state index contributed by atoms with van der Waals surface area (Å²) in [6, 6.07) is 7.37. The Labute approximate surface area is 167 Å². The summed E-state index contributed by atoms with van der Waals surface area (Å²) in [5.74, 6) is 0.942. The Balaban J connectivity index is 1.53. The maximum Gasteiger partial charge on any atom is 0.0594 e. The lowest BCUT2D eigenvalue weighted by Crippen LogP contribution is -2.51. The van der Waals surface area contributed by atoms with E-state index in [-0.39, 0.29) is 0 Å². The fourth-order valence-corrected chi connectivity index (χ4v) is 5.86. The van der Waals surface area contributed by atoms with Crippen molar-refractivity contribution in [3.05, 3.63) is 35.0 Å². The first kappa shape index (κ1) is 18.6. The van der Waals surface area contributed by atoms with Crippen LogP contribution in [0.5, 0.6) is 0 Å². The van der Waals surface area contributed by atoms with Crippen molar-refractivity contribution < 1.29 is 9.84 Å². The number of piperidine rings is 1. The van der Waals surface area contributed by atoms with Gasteiger partial charge in [0.25, 0.3) is 0 Å². The van der Waals surface area contributed by atoms with Crippen molar-refractivity contribution in [1.29, 1.82) is 0 Å². The number of ether oxygens (including phenoxy) is 1. The van der Waals surface area contributed by atoms with Crippen molar-refractivity contribution in [2.75, 3.05) is 46.0 Å². The van der Waals surface area contributed by atoms with Crippen LogP contribution in [0.2, 0.25) is 0 Å². The van der Waals surface area contributed by atoms with Crippen molar-refractivity contribution in [1.82, 2.24) is 14.8 Å². The van der Waals surface area contributed by atoms with E-state index in [0.717, 1.165) is 58.8 Å². The third-order valence-corrected chi connectivity index (χ3v) is 7.13. The van der Waals surface area contributed by atoms with E-state index in [1.54, 1.807) is 5.56 Å². The molecule has 3 heterocycles. The monoisotopic (exact) mass is 383 g/mol. The van der Waals surface area contributed by atoms with E-state index in [2.05, 4.69) is 39.9 Å². The van der Waals surface area contributed by atoms with Gasteiger partial charge in [0, 0.05) is 61.3 Å². The van der Waals surface area contributed by atoms with Gasteiger partial charge in [0.1, 0.15) is 0 Å². The third kappa shape index (κ3) is 3.18. The molecule has 1 unspecified atom stereocenters. The molecule has 0 saturated carbocycles. The van der Waals surface area contributed by atoms with Crippen LogP contribution in [-0.2, 0) is 17.7 Å². The Morgan fingerprint density at radius 1 is 1.25 bits per heavy atom. The van der Waals surface area contributed by atoms with Gasteiger partial charge in [-0.25, -0.2) is 0 Å². The van der Waals surface area contributed by atoms with Crippen LogP contribution in [0.15, 0.2) is 18.2 Å². The smallest absolute Gasteiger partial charge is 0.0594 e. The zero-order chi connectivity index (χ0) is 19.1. The molecule has 2 saturated heterocycles. The van der Waals surface area contributed by atoms with Gasteiger partial charge in [-0.3, -0.25) is 9.80 Å². The summed E-state index contributed by atoms with van der Waals surface area (Å²) in [4.78, 5) is 8.96. The Kier molecular flexibility index (Phi) is 5.18. The molecule has 3 atom stereocenters. The summed E-state index contributed by atoms with van der Waals surface area (Å²) < 4.78 is 5.54. The summed E-state index contributed by atoms with van der Waals surface area (Å²) in [7, 11) is 0. The normalized spacial score (nSPS) is 28.6. The number of rotatable bonds is 5. The fourth-order valence-electron chi connectivity index (χ4n) is 5.86. The van der Waals surface area contributed by atoms with Crippen LogP contribution in [0.4, 0.5) is 0 Å². The lowest BCUT2D eigenvalue weighted by Gasteiger charge is -2.47. The van der Waals surface area contributed by atoms with Gasteiger partial charge in [0.05, 0.1) is 13.2 Å². The fraction of sp³-hybridized carbons (Fsp3) is 0.652. The number of aliphatic hydroxyl groups excluding tert-OH is 1. The number of nitrogens with zero attached hydrogens (tertiary/aromatic N) is 2. The van der Waals surface area contributed by atoms with E-state index >= 15 is 0 Å². The number of nitrogens with one attached hydrogen (secondary N) is 1. The van der Waals surface area contributed by atoms with E-state index in [1.807, 2.05) is 0 Å². The summed E-state index contributed by atoms with van der Waals surface area (Å²) in [6.45, 7) is 9.48. The highest BCUT2D eigenvalue weighted by atomic mass is 16.5. The molecule has 2 aromatic rings. The van der Waals surface area contributed by atoms with Gasteiger partial charge < -0.3 is 14.8 Å². The van der Waals surface area contributed by atoms with E-state index in [4.69, 9.17) is 4.74 Å². The van der Waals surface area contributed by atoms with Crippen LogP contribution in [0.25, 0.3) is 10.9 Å². The molecule has 1 aliphatic carbocycles. The molecule has 0 radical (unpaired) electrons. The number of hydrogen-bond donors (Lipinski definition) is 2. The molecular formula is C23H33N3O2. The summed E-state index contributed by atoms with van der Waals surface area (Å²) >= 11 is 0. The number of aliphatic hydroxyl groups is 1. The second kappa shape index (κ2) is 7.79. The van der Waals surface area contributed by atoms with Gasteiger partial charge in [0.15, 0.2) is 0 Å². The number of benzene rings is 1. The first-order valence-electron chi connectivity index (χ1n) is 11.1. The number of fused-ring (bicyclic) bond motifs is 2. The average Bonchev–Trinajstić information content (AvgIpc) is 3.08. The van der Waals surface area contributed by atoms with Gasteiger partial charge in [-0.1, -0.05) is 19.1 Å². The summed E-state index contributed by atoms with van der Waals surface area (Å²) in [5.41, 5.74) is 5.75. The van der Waals surface area contributed by atoms with Gasteiger partial charge in [0.2, 0.25) is 0 Å². The lowest BCUT2D eigenvalue weighted by molar-refractivity contribution is 0.0333. The number of H-pyrrole nitrogens is 1. The molecule has 28 heavy (non-hydrogen) atoms. The SMILES string of the molecule is CCCN1CC(CO)C[C@@H]2c3cccc4[nH]c(CN5CCOCC5)c(c34)C[C@H]21. The molecule has 5 rings (SSSR count). The van der Waals surface area contributed by atoms with Crippen molar-refractivity contribution in [3.8, 4) is 0 Å². The summed E-state index contributed by atoms with van der Waals surface area (Å²) in [5, 5.41) is 11.4. The van der Waals surface area contributed by atoms with Crippen molar-refractivity contribution in [3.63, 3.8) is 0 Å². The highest BCUT2D eigenvalue weighted by Crippen LogP contribution is 2.45. The summed E-state index contributed by atoms with van der Waals surface area (Å²) in [6.07, 6.45) is 3.43. The Hall–Kier alpha value is -1.40. The number of morpholine rings is 1. The van der Waals surface area contributed by atoms with Gasteiger partial charge in [-0.2, -0.15) is 0 Å². The van der Waals surface area contributed by atoms with Gasteiger partial charge >= 0.3 is 0 Å². The molecule has 5 nitrogen and oxygen atoms in total. The molecule has 0 bridgehead atoms. The Morgan fingerprint density at radius 3 is 2.89 bits per heavy atom. The van der Waals surface area contributed by atoms with Crippen molar-refractivity contribution in [2.24, 2.45) is 5.92 Å². The number of aromatic nitrogens is 1. The minimum Gasteiger partial charge on any atom is -0.396 e. The third-order valence-electron chi connectivity index (χ3n) is 7.13. The zero-order valence-corrected chi connectivity index (χ0v) is 17.0. The number of hydrogen-bond acceptors (Lipinski definition) is 4. The van der Waals surface area contributed by atoms with Crippen LogP contribution in [0, 0.1) is 5.92 Å². The molecule has 152 valence electrons. The first-order valence-corrected chi connectivity index (χ1v) is 11.1. The lowest BCUT2D eigenvalue weighted by atomic mass is 9.72. The molecule has 3 aliphatic rings. The zero-order valence-electron chi connectivity index (χ0n) is 17.0. The minimum atomic E-state index is 0.307. The topological polar surface area (TPSA) is 51.7 Å². The standard InChI is InChI=1S/C23H33N3O2/c1-2-6-26-13-16(15-27)11-18-17-4-3-5-20-23(17)19(12-22(18)26)21(24-20)14-25-7-9-28-10-8-25/h3-5,16,18,22,24,27H,2,6-15H2,1H3/t16?,18-,22-/m1/s1. The Bertz CT molecular complexity index is 827. The largest absolute Gasteiger partial charge is 0.396 e. The van der Waals surface area contributed by atoms with Gasteiger partial charge in [-0.15, -0.1) is 0 Å². The molecule has 0 spiro atoms. The molecule has 1 aromatic heterocycles. The van der Waals surface area contributed by atoms with Crippen LogP contribution in [0.3, 0.4) is 0 Å². The van der Waals surface area contributed by atoms with Gasteiger partial charge in [-0.05, 0) is 48.9 Å². The predicted molar refractivity (Wildman–Crippen MR) is 112 cm³/mol. The van der Waals surface area contributed by atoms with E-state index < -0.39 is 0 Å². The molecular weight excluding hydrogens is 350 g/mol. The predicted octanol–water partition coefficient (Wildman–Crippen LogP) is 2.73. The highest BCUT2D eigenvalue weighted by Gasteiger charge is 2.41. The second-order valence-corrected chi connectivity index (χ2v) is 8.90. The maximum absolute atomic E-state index is 9.89. The van der Waals surface area contributed by atoms with Crippen LogP contribution >= 0.6 is 0 Å². The maximum atomic E-state index is 9.89. The van der Waals surface area contributed by atoms with E-state index in [1.165, 1.54) is 28.6 Å². The highest BCUT2D eigenvalue weighted by molar-refractivity contribution is 5.89. The number of likely N-dealkylation sites (tertiary alicyclic amines) is 1. The molecule has 2 fully saturated rings. The van der Waals surface area contributed by atoms with Crippen molar-refractivity contribution in [2.45, 2.75) is 44.7 Å². The van der Waals surface area contributed by atoms with E-state index in [9.17, 15) is 5.11 Å².